The van der Waals surface area contributed by atoms with Crippen LogP contribution in [0.1, 0.15) is 17.0 Å². The lowest BCUT2D eigenvalue weighted by Gasteiger charge is -2.20. The molecule has 0 unspecified atom stereocenters. The van der Waals surface area contributed by atoms with E-state index in [2.05, 4.69) is 130 Å². The Labute approximate surface area is 289 Å². The standard InChI is InChI=1S/C45H29N5/c46-44(37-22-9-11-26-47-37)50-45(38-23-10-12-27-48-38)49-28-31-24-25-36-41-32(31)20-13-21-35(41)42-39(29-14-3-1-4-15-29)33-18-7-8-19-34(33)40(43(36)42)30-16-5-2-6-17-30/h1-28,46H/b46-44?,49-28+,50-45-. The highest BCUT2D eigenvalue weighted by molar-refractivity contribution is 6.29. The van der Waals surface area contributed by atoms with E-state index in [9.17, 15) is 0 Å². The molecule has 0 saturated heterocycles. The number of fused-ring (bicyclic) bond motifs is 4. The third kappa shape index (κ3) is 4.92. The van der Waals surface area contributed by atoms with Gasteiger partial charge in [0.15, 0.2) is 11.7 Å². The van der Waals surface area contributed by atoms with E-state index in [4.69, 9.17) is 10.4 Å². The second kappa shape index (κ2) is 12.3. The van der Waals surface area contributed by atoms with Crippen LogP contribution in [0.4, 0.5) is 0 Å². The van der Waals surface area contributed by atoms with Crippen molar-refractivity contribution < 1.29 is 0 Å². The summed E-state index contributed by atoms with van der Waals surface area (Å²) in [6.45, 7) is 0. The molecular formula is C45H29N5. The van der Waals surface area contributed by atoms with E-state index in [1.54, 1.807) is 18.5 Å². The maximum atomic E-state index is 8.65. The number of amidine groups is 2. The summed E-state index contributed by atoms with van der Waals surface area (Å²) in [7, 11) is 0. The van der Waals surface area contributed by atoms with E-state index >= 15 is 0 Å². The molecule has 2 heterocycles. The average molecular weight is 640 g/mol. The van der Waals surface area contributed by atoms with Crippen molar-refractivity contribution in [1.82, 2.24) is 9.97 Å². The molecular weight excluding hydrogens is 611 g/mol. The lowest BCUT2D eigenvalue weighted by molar-refractivity contribution is 1.24. The van der Waals surface area contributed by atoms with Crippen LogP contribution in [0.2, 0.25) is 0 Å². The zero-order chi connectivity index (χ0) is 33.4. The molecule has 0 saturated carbocycles. The molecule has 0 amide bonds. The number of rotatable bonds is 5. The van der Waals surface area contributed by atoms with Gasteiger partial charge < -0.3 is 0 Å². The Morgan fingerprint density at radius 1 is 0.480 bits per heavy atom. The minimum Gasteiger partial charge on any atom is -0.281 e. The smallest absolute Gasteiger partial charge is 0.180 e. The summed E-state index contributed by atoms with van der Waals surface area (Å²) in [5.41, 5.74) is 11.8. The maximum absolute atomic E-state index is 8.65. The van der Waals surface area contributed by atoms with Crippen molar-refractivity contribution in [3.8, 4) is 44.5 Å². The van der Waals surface area contributed by atoms with E-state index in [-0.39, 0.29) is 5.84 Å². The Morgan fingerprint density at radius 2 is 1.02 bits per heavy atom. The van der Waals surface area contributed by atoms with Crippen LogP contribution in [0.25, 0.3) is 66.1 Å². The highest BCUT2D eigenvalue weighted by atomic mass is 15.0. The predicted octanol–water partition coefficient (Wildman–Crippen LogP) is 10.7. The lowest BCUT2D eigenvalue weighted by Crippen LogP contribution is -2.07. The number of pyridine rings is 2. The lowest BCUT2D eigenvalue weighted by atomic mass is 9.82. The molecule has 1 N–H and O–H groups in total. The van der Waals surface area contributed by atoms with Gasteiger partial charge in [-0.25, -0.2) is 9.98 Å². The van der Waals surface area contributed by atoms with E-state index in [0.717, 1.165) is 10.9 Å². The minimum atomic E-state index is 0.0215. The Bertz CT molecular complexity index is 2540. The molecule has 0 radical (unpaired) electrons. The molecule has 0 bridgehead atoms. The number of hydrogen-bond donors (Lipinski definition) is 1. The van der Waals surface area contributed by atoms with E-state index in [0.29, 0.717) is 17.2 Å². The van der Waals surface area contributed by atoms with Crippen LogP contribution in [0.15, 0.2) is 174 Å². The highest BCUT2D eigenvalue weighted by Gasteiger charge is 2.30. The van der Waals surface area contributed by atoms with Gasteiger partial charge in [0.05, 0.1) is 0 Å². The normalized spacial score (nSPS) is 12.1. The largest absolute Gasteiger partial charge is 0.281 e. The van der Waals surface area contributed by atoms with E-state index in [1.165, 1.54) is 60.7 Å². The third-order valence-corrected chi connectivity index (χ3v) is 9.30. The fourth-order valence-electron chi connectivity index (χ4n) is 7.19. The van der Waals surface area contributed by atoms with Crippen LogP contribution >= 0.6 is 0 Å². The predicted molar refractivity (Wildman–Crippen MR) is 206 cm³/mol. The van der Waals surface area contributed by atoms with Crippen LogP contribution in [-0.4, -0.2) is 27.9 Å². The summed E-state index contributed by atoms with van der Waals surface area (Å²) in [6, 6.07) is 52.3. The second-order valence-corrected chi connectivity index (χ2v) is 12.2. The van der Waals surface area contributed by atoms with Gasteiger partial charge >= 0.3 is 0 Å². The maximum Gasteiger partial charge on any atom is 0.180 e. The molecule has 0 atom stereocenters. The van der Waals surface area contributed by atoms with Crippen LogP contribution in [-0.2, 0) is 0 Å². The summed E-state index contributed by atoms with van der Waals surface area (Å²) >= 11 is 0. The van der Waals surface area contributed by atoms with Crippen molar-refractivity contribution in [1.29, 1.82) is 5.41 Å². The molecule has 0 fully saturated rings. The molecule has 0 spiro atoms. The molecule has 1 aliphatic carbocycles. The number of aromatic nitrogens is 2. The molecule has 8 aromatic rings. The van der Waals surface area contributed by atoms with Crippen molar-refractivity contribution in [2.24, 2.45) is 9.98 Å². The number of benzene rings is 6. The second-order valence-electron chi connectivity index (χ2n) is 12.2. The fourth-order valence-corrected chi connectivity index (χ4v) is 7.19. The van der Waals surface area contributed by atoms with Gasteiger partial charge in [0.25, 0.3) is 0 Å². The van der Waals surface area contributed by atoms with Gasteiger partial charge in [-0.05, 0) is 90.3 Å². The number of nitrogens with one attached hydrogen (secondary N) is 1. The third-order valence-electron chi connectivity index (χ3n) is 9.30. The van der Waals surface area contributed by atoms with Crippen molar-refractivity contribution in [2.45, 2.75) is 0 Å². The van der Waals surface area contributed by atoms with Crippen LogP contribution in [0.3, 0.4) is 0 Å². The molecule has 234 valence electrons. The topological polar surface area (TPSA) is 74.3 Å². The molecule has 1 aliphatic rings. The van der Waals surface area contributed by atoms with Crippen molar-refractivity contribution in [2.75, 3.05) is 0 Å². The summed E-state index contributed by atoms with van der Waals surface area (Å²) in [4.78, 5) is 18.3. The van der Waals surface area contributed by atoms with Gasteiger partial charge in [-0.2, -0.15) is 0 Å². The van der Waals surface area contributed by atoms with Crippen molar-refractivity contribution >= 4 is 39.4 Å². The van der Waals surface area contributed by atoms with Gasteiger partial charge in [0.2, 0.25) is 0 Å². The quantitative estimate of drug-likeness (QED) is 0.150. The molecule has 9 rings (SSSR count). The molecule has 2 aromatic heterocycles. The first-order chi connectivity index (χ1) is 24.8. The number of aliphatic imine (C=N–C) groups is 2. The Morgan fingerprint density at radius 3 is 1.62 bits per heavy atom. The Balaban J connectivity index is 1.28. The molecule has 5 heteroatoms. The van der Waals surface area contributed by atoms with Crippen molar-refractivity contribution in [3.63, 3.8) is 0 Å². The zero-order valence-electron chi connectivity index (χ0n) is 27.0. The van der Waals surface area contributed by atoms with Gasteiger partial charge in [-0.15, -0.1) is 0 Å². The first kappa shape index (κ1) is 29.3. The van der Waals surface area contributed by atoms with Gasteiger partial charge in [-0.1, -0.05) is 127 Å². The monoisotopic (exact) mass is 639 g/mol. The van der Waals surface area contributed by atoms with Crippen LogP contribution < -0.4 is 0 Å². The van der Waals surface area contributed by atoms with Crippen LogP contribution in [0, 0.1) is 5.41 Å². The highest BCUT2D eigenvalue weighted by Crippen LogP contribution is 2.57. The average Bonchev–Trinajstić information content (AvgIpc) is 3.52. The summed E-state index contributed by atoms with van der Waals surface area (Å²) in [5, 5.41) is 13.4. The molecule has 6 aromatic carbocycles. The first-order valence-electron chi connectivity index (χ1n) is 16.6. The summed E-state index contributed by atoms with van der Waals surface area (Å²) < 4.78 is 0. The van der Waals surface area contributed by atoms with E-state index in [1.807, 2.05) is 36.5 Å². The molecule has 5 nitrogen and oxygen atoms in total. The Hall–Kier alpha value is -6.85. The first-order valence-corrected chi connectivity index (χ1v) is 16.6. The number of nitrogens with zero attached hydrogens (tertiary/aromatic N) is 4. The zero-order valence-corrected chi connectivity index (χ0v) is 27.0. The summed E-state index contributed by atoms with van der Waals surface area (Å²) in [5.74, 6) is 0.366. The summed E-state index contributed by atoms with van der Waals surface area (Å²) in [6.07, 6.45) is 5.21. The van der Waals surface area contributed by atoms with E-state index < -0.39 is 0 Å². The number of hydrogen-bond acceptors (Lipinski definition) is 3. The van der Waals surface area contributed by atoms with Gasteiger partial charge in [0, 0.05) is 24.2 Å². The van der Waals surface area contributed by atoms with Gasteiger partial charge in [-0.3, -0.25) is 15.4 Å². The van der Waals surface area contributed by atoms with Crippen LogP contribution in [0.5, 0.6) is 0 Å². The minimum absolute atomic E-state index is 0.0215. The van der Waals surface area contributed by atoms with Crippen molar-refractivity contribution in [3.05, 3.63) is 181 Å². The molecule has 50 heavy (non-hydrogen) atoms. The molecule has 0 aliphatic heterocycles. The Kier molecular flexibility index (Phi) is 7.21. The van der Waals surface area contributed by atoms with Gasteiger partial charge in [0.1, 0.15) is 11.4 Å². The SMILES string of the molecule is N=C(/N=C(\N=C\c1ccc2c3c(cccc13)-c1c-2c(-c2ccccc2)c2ccccc2c1-c1ccccc1)c1ccccn1)c1ccccn1. The fraction of sp³-hybridized carbons (Fsp3) is 0.